The van der Waals surface area contributed by atoms with Gasteiger partial charge in [0.05, 0.1) is 0 Å². The van der Waals surface area contributed by atoms with Crippen LogP contribution in [-0.2, 0) is 16.1 Å². The molecule has 0 aromatic heterocycles. The van der Waals surface area contributed by atoms with Gasteiger partial charge >= 0.3 is 5.97 Å². The number of carboxylic acid groups (broad SMARTS) is 1. The summed E-state index contributed by atoms with van der Waals surface area (Å²) >= 11 is 0. The van der Waals surface area contributed by atoms with Crippen LogP contribution in [0.1, 0.15) is 18.9 Å². The van der Waals surface area contributed by atoms with Gasteiger partial charge in [-0.1, -0.05) is 30.3 Å². The first-order valence-electron chi connectivity index (χ1n) is 6.23. The van der Waals surface area contributed by atoms with E-state index in [-0.39, 0.29) is 5.91 Å². The Morgan fingerprint density at radius 2 is 1.95 bits per heavy atom. The second-order valence-corrected chi connectivity index (χ2v) is 4.60. The topological polar surface area (TPSA) is 69.6 Å². The highest BCUT2D eigenvalue weighted by Crippen LogP contribution is 2.02. The number of carbonyl (C=O) groups excluding carboxylic acids is 1. The van der Waals surface area contributed by atoms with E-state index in [1.165, 1.54) is 12.5 Å². The first-order valence-corrected chi connectivity index (χ1v) is 6.23. The molecule has 0 bridgehead atoms. The Hall–Kier alpha value is -1.88. The van der Waals surface area contributed by atoms with Gasteiger partial charge in [-0.3, -0.25) is 9.59 Å². The zero-order valence-electron chi connectivity index (χ0n) is 11.3. The zero-order chi connectivity index (χ0) is 14.3. The van der Waals surface area contributed by atoms with Crippen LogP contribution in [0.25, 0.3) is 0 Å². The molecule has 0 spiro atoms. The molecule has 0 aliphatic carbocycles. The molecule has 0 aliphatic rings. The Balaban J connectivity index is 2.28. The van der Waals surface area contributed by atoms with E-state index in [9.17, 15) is 9.59 Å². The van der Waals surface area contributed by atoms with Crippen LogP contribution in [0.4, 0.5) is 0 Å². The van der Waals surface area contributed by atoms with Crippen molar-refractivity contribution in [2.24, 2.45) is 0 Å². The molecule has 1 unspecified atom stereocenters. The lowest BCUT2D eigenvalue weighted by Crippen LogP contribution is -2.39. The van der Waals surface area contributed by atoms with Crippen molar-refractivity contribution >= 4 is 11.9 Å². The molecular formula is C14H20N2O3. The molecule has 5 heteroatoms. The zero-order valence-corrected chi connectivity index (χ0v) is 11.3. The van der Waals surface area contributed by atoms with E-state index >= 15 is 0 Å². The van der Waals surface area contributed by atoms with E-state index < -0.39 is 12.0 Å². The number of carbonyl (C=O) groups is 2. The minimum Gasteiger partial charge on any atom is -0.480 e. The molecular weight excluding hydrogens is 244 g/mol. The largest absolute Gasteiger partial charge is 0.480 e. The van der Waals surface area contributed by atoms with Crippen LogP contribution in [0, 0.1) is 0 Å². The summed E-state index contributed by atoms with van der Waals surface area (Å²) in [5, 5.41) is 11.1. The lowest BCUT2D eigenvalue weighted by atomic mass is 10.2. The second kappa shape index (κ2) is 7.53. The Labute approximate surface area is 113 Å². The van der Waals surface area contributed by atoms with Gasteiger partial charge in [-0.25, -0.2) is 0 Å². The van der Waals surface area contributed by atoms with Crippen molar-refractivity contribution < 1.29 is 14.7 Å². The normalized spacial score (nSPS) is 12.2. The monoisotopic (exact) mass is 264 g/mol. The number of aliphatic carboxylic acids is 1. The van der Waals surface area contributed by atoms with Crippen molar-refractivity contribution in [1.82, 2.24) is 10.2 Å². The van der Waals surface area contributed by atoms with Gasteiger partial charge in [-0.15, -0.1) is 0 Å². The van der Waals surface area contributed by atoms with Crippen LogP contribution in [0.5, 0.6) is 0 Å². The predicted octanol–water partition coefficient (Wildman–Crippen LogP) is 1.10. The molecule has 1 aromatic carbocycles. The molecule has 2 N–H and O–H groups in total. The molecule has 1 aromatic rings. The molecule has 1 amide bonds. The third-order valence-electron chi connectivity index (χ3n) is 2.76. The molecule has 0 saturated heterocycles. The molecule has 0 heterocycles. The highest BCUT2D eigenvalue weighted by atomic mass is 16.4. The fourth-order valence-corrected chi connectivity index (χ4v) is 1.64. The number of carboxylic acids is 1. The summed E-state index contributed by atoms with van der Waals surface area (Å²) in [5.41, 5.74) is 1.18. The summed E-state index contributed by atoms with van der Waals surface area (Å²) < 4.78 is 0. The number of hydrogen-bond donors (Lipinski definition) is 2. The van der Waals surface area contributed by atoms with Crippen molar-refractivity contribution in [3.8, 4) is 0 Å². The van der Waals surface area contributed by atoms with Gasteiger partial charge in [0, 0.05) is 19.5 Å². The quantitative estimate of drug-likeness (QED) is 0.773. The van der Waals surface area contributed by atoms with Crippen molar-refractivity contribution in [2.45, 2.75) is 25.9 Å². The van der Waals surface area contributed by atoms with E-state index in [4.69, 9.17) is 5.11 Å². The van der Waals surface area contributed by atoms with Crippen LogP contribution in [0.3, 0.4) is 0 Å². The minimum atomic E-state index is -1.02. The number of nitrogens with zero attached hydrogens (tertiary/aromatic N) is 1. The smallest absolute Gasteiger partial charge is 0.325 e. The Kier molecular flexibility index (Phi) is 6.02. The number of nitrogens with one attached hydrogen (secondary N) is 1. The summed E-state index contributed by atoms with van der Waals surface area (Å²) in [6, 6.07) is 9.14. The van der Waals surface area contributed by atoms with Crippen molar-refractivity contribution in [1.29, 1.82) is 0 Å². The standard InChI is InChI=1S/C14H20N2O3/c1-11(14(18)19)15-13(17)8-9-16(2)10-12-6-4-3-5-7-12/h3-7,11H,8-10H2,1-2H3,(H,15,17)(H,18,19). The number of benzene rings is 1. The lowest BCUT2D eigenvalue weighted by molar-refractivity contribution is -0.141. The molecule has 0 aliphatic heterocycles. The maximum Gasteiger partial charge on any atom is 0.325 e. The third-order valence-corrected chi connectivity index (χ3v) is 2.76. The minimum absolute atomic E-state index is 0.241. The highest BCUT2D eigenvalue weighted by Gasteiger charge is 2.13. The first-order chi connectivity index (χ1) is 8.99. The fraction of sp³-hybridized carbons (Fsp3) is 0.429. The van der Waals surface area contributed by atoms with Crippen molar-refractivity contribution in [2.75, 3.05) is 13.6 Å². The van der Waals surface area contributed by atoms with Crippen LogP contribution in [0.2, 0.25) is 0 Å². The summed E-state index contributed by atoms with van der Waals surface area (Å²) in [7, 11) is 1.93. The second-order valence-electron chi connectivity index (χ2n) is 4.60. The average Bonchev–Trinajstić information content (AvgIpc) is 2.37. The summed E-state index contributed by atoms with van der Waals surface area (Å²) in [6.45, 7) is 2.81. The van der Waals surface area contributed by atoms with Gasteiger partial charge in [0.2, 0.25) is 5.91 Å². The molecule has 1 rings (SSSR count). The van der Waals surface area contributed by atoms with Gasteiger partial charge in [-0.05, 0) is 19.5 Å². The Morgan fingerprint density at radius 1 is 1.32 bits per heavy atom. The highest BCUT2D eigenvalue weighted by molar-refractivity contribution is 5.83. The maximum atomic E-state index is 11.5. The van der Waals surface area contributed by atoms with E-state index in [2.05, 4.69) is 5.32 Å². The first kappa shape index (κ1) is 15.2. The van der Waals surface area contributed by atoms with Gasteiger partial charge < -0.3 is 15.3 Å². The average molecular weight is 264 g/mol. The van der Waals surface area contributed by atoms with Gasteiger partial charge in [0.1, 0.15) is 6.04 Å². The maximum absolute atomic E-state index is 11.5. The SMILES string of the molecule is CC(NC(=O)CCN(C)Cc1ccccc1)C(=O)O. The predicted molar refractivity (Wildman–Crippen MR) is 72.6 cm³/mol. The Bertz CT molecular complexity index is 420. The van der Waals surface area contributed by atoms with E-state index in [0.717, 1.165) is 6.54 Å². The van der Waals surface area contributed by atoms with Gasteiger partial charge in [0.15, 0.2) is 0 Å². The lowest BCUT2D eigenvalue weighted by Gasteiger charge is -2.17. The third kappa shape index (κ3) is 6.01. The molecule has 1 atom stereocenters. The van der Waals surface area contributed by atoms with Gasteiger partial charge in [0.25, 0.3) is 0 Å². The van der Waals surface area contributed by atoms with Crippen LogP contribution in [0.15, 0.2) is 30.3 Å². The summed E-state index contributed by atoms with van der Waals surface area (Å²) in [5.74, 6) is -1.26. The number of hydrogen-bond acceptors (Lipinski definition) is 3. The Morgan fingerprint density at radius 3 is 2.53 bits per heavy atom. The molecule has 0 saturated carbocycles. The fourth-order valence-electron chi connectivity index (χ4n) is 1.64. The van der Waals surface area contributed by atoms with E-state index in [1.54, 1.807) is 0 Å². The summed E-state index contributed by atoms with van der Waals surface area (Å²) in [4.78, 5) is 24.1. The number of amides is 1. The van der Waals surface area contributed by atoms with Gasteiger partial charge in [-0.2, -0.15) is 0 Å². The molecule has 5 nitrogen and oxygen atoms in total. The van der Waals surface area contributed by atoms with Crippen LogP contribution in [-0.4, -0.2) is 41.5 Å². The molecule has 104 valence electrons. The van der Waals surface area contributed by atoms with Crippen molar-refractivity contribution in [3.63, 3.8) is 0 Å². The molecule has 19 heavy (non-hydrogen) atoms. The van der Waals surface area contributed by atoms with E-state index in [1.807, 2.05) is 42.3 Å². The summed E-state index contributed by atoms with van der Waals surface area (Å²) in [6.07, 6.45) is 0.293. The molecule has 0 fully saturated rings. The van der Waals surface area contributed by atoms with Crippen LogP contribution >= 0.6 is 0 Å². The molecule has 0 radical (unpaired) electrons. The van der Waals surface area contributed by atoms with E-state index in [0.29, 0.717) is 13.0 Å². The number of rotatable bonds is 7. The van der Waals surface area contributed by atoms with Crippen molar-refractivity contribution in [3.05, 3.63) is 35.9 Å². The van der Waals surface area contributed by atoms with Crippen LogP contribution < -0.4 is 5.32 Å².